The number of aromatic nitrogens is 3. The van der Waals surface area contributed by atoms with Crippen LogP contribution in [-0.2, 0) is 11.3 Å². The number of nitrogens with zero attached hydrogens (tertiary/aromatic N) is 4. The number of furan rings is 1. The van der Waals surface area contributed by atoms with Crippen LogP contribution in [0.2, 0.25) is 0 Å². The summed E-state index contributed by atoms with van der Waals surface area (Å²) in [5, 5.41) is 8.61. The van der Waals surface area contributed by atoms with E-state index in [1.54, 1.807) is 12.3 Å². The molecule has 0 saturated carbocycles. The van der Waals surface area contributed by atoms with Crippen molar-refractivity contribution in [2.45, 2.75) is 39.2 Å². The summed E-state index contributed by atoms with van der Waals surface area (Å²) in [5.74, 6) is 1.82. The molecule has 1 aliphatic rings. The molecule has 2 aromatic heterocycles. The number of hydrazone groups is 1. The zero-order valence-electron chi connectivity index (χ0n) is 11.9. The molecule has 3 heterocycles. The van der Waals surface area contributed by atoms with Crippen LogP contribution in [0.5, 0.6) is 0 Å². The monoisotopic (exact) mass is 287 g/mol. The molecule has 21 heavy (non-hydrogen) atoms. The fraction of sp³-hybridized carbons (Fsp3) is 0.429. The van der Waals surface area contributed by atoms with Gasteiger partial charge in [0.1, 0.15) is 5.71 Å². The molecule has 1 amide bonds. The highest BCUT2D eigenvalue weighted by Crippen LogP contribution is 2.18. The first kappa shape index (κ1) is 13.5. The lowest BCUT2D eigenvalue weighted by Gasteiger charge is -2.12. The number of aryl methyl sites for hydroxylation is 1. The molecular formula is C14H17N5O2. The number of hydrogen-bond acceptors (Lipinski definition) is 5. The van der Waals surface area contributed by atoms with E-state index in [0.717, 1.165) is 25.1 Å². The largest absolute Gasteiger partial charge is 0.461 e. The summed E-state index contributed by atoms with van der Waals surface area (Å²) in [7, 11) is 0. The predicted molar refractivity (Wildman–Crippen MR) is 76.5 cm³/mol. The van der Waals surface area contributed by atoms with Gasteiger partial charge in [-0.05, 0) is 18.6 Å². The summed E-state index contributed by atoms with van der Waals surface area (Å²) >= 11 is 0. The van der Waals surface area contributed by atoms with Gasteiger partial charge in [-0.3, -0.25) is 4.79 Å². The summed E-state index contributed by atoms with van der Waals surface area (Å²) in [6, 6.07) is 3.63. The SMILES string of the molecule is CCCCn1nc(-c2ccco2)nc1C1=NNC(=O)CC1. The van der Waals surface area contributed by atoms with Crippen molar-refractivity contribution in [3.63, 3.8) is 0 Å². The maximum atomic E-state index is 11.2. The van der Waals surface area contributed by atoms with E-state index in [0.29, 0.717) is 30.3 Å². The molecule has 0 fully saturated rings. The molecule has 0 aromatic carbocycles. The number of nitrogens with one attached hydrogen (secondary N) is 1. The van der Waals surface area contributed by atoms with Crippen LogP contribution in [0.4, 0.5) is 0 Å². The molecular weight excluding hydrogens is 270 g/mol. The van der Waals surface area contributed by atoms with Crippen LogP contribution in [0.15, 0.2) is 27.9 Å². The van der Waals surface area contributed by atoms with E-state index in [1.807, 2.05) is 10.7 Å². The quantitative estimate of drug-likeness (QED) is 0.910. The van der Waals surface area contributed by atoms with Crippen molar-refractivity contribution in [1.82, 2.24) is 20.2 Å². The van der Waals surface area contributed by atoms with Gasteiger partial charge in [0.25, 0.3) is 0 Å². The Kier molecular flexibility index (Phi) is 3.81. The minimum Gasteiger partial charge on any atom is -0.461 e. The van der Waals surface area contributed by atoms with E-state index in [-0.39, 0.29) is 5.91 Å². The van der Waals surface area contributed by atoms with E-state index >= 15 is 0 Å². The van der Waals surface area contributed by atoms with Crippen LogP contribution in [0, 0.1) is 0 Å². The maximum Gasteiger partial charge on any atom is 0.240 e. The van der Waals surface area contributed by atoms with Gasteiger partial charge >= 0.3 is 0 Å². The summed E-state index contributed by atoms with van der Waals surface area (Å²) in [4.78, 5) is 15.7. The number of rotatable bonds is 5. The fourth-order valence-corrected chi connectivity index (χ4v) is 2.16. The Morgan fingerprint density at radius 3 is 3.00 bits per heavy atom. The first-order valence-electron chi connectivity index (χ1n) is 7.12. The van der Waals surface area contributed by atoms with Crippen molar-refractivity contribution in [1.29, 1.82) is 0 Å². The Balaban J connectivity index is 1.95. The zero-order valence-corrected chi connectivity index (χ0v) is 11.9. The lowest BCUT2D eigenvalue weighted by molar-refractivity contribution is -0.121. The standard InChI is InChI=1S/C14H17N5O2/c1-2-3-8-19-14(10-6-7-12(20)17-16-10)15-13(18-19)11-5-4-9-21-11/h4-5,9H,2-3,6-8H2,1H3,(H,17,20). The molecule has 0 unspecified atom stereocenters. The van der Waals surface area contributed by atoms with Crippen LogP contribution in [0.25, 0.3) is 11.6 Å². The summed E-state index contributed by atoms with van der Waals surface area (Å²) < 4.78 is 7.19. The maximum absolute atomic E-state index is 11.2. The van der Waals surface area contributed by atoms with Crippen molar-refractivity contribution < 1.29 is 9.21 Å². The average Bonchev–Trinajstić information content (AvgIpc) is 3.15. The van der Waals surface area contributed by atoms with E-state index < -0.39 is 0 Å². The van der Waals surface area contributed by atoms with Crippen molar-refractivity contribution in [2.24, 2.45) is 5.10 Å². The topological polar surface area (TPSA) is 85.3 Å². The van der Waals surface area contributed by atoms with Crippen LogP contribution in [0.1, 0.15) is 38.4 Å². The third-order valence-electron chi connectivity index (χ3n) is 3.30. The molecule has 0 aliphatic carbocycles. The van der Waals surface area contributed by atoms with Gasteiger partial charge in [0.15, 0.2) is 11.6 Å². The van der Waals surface area contributed by atoms with Crippen molar-refractivity contribution in [3.8, 4) is 11.6 Å². The van der Waals surface area contributed by atoms with Crippen molar-refractivity contribution >= 4 is 11.6 Å². The third kappa shape index (κ3) is 2.86. The predicted octanol–water partition coefficient (Wildman–Crippen LogP) is 1.95. The highest BCUT2D eigenvalue weighted by Gasteiger charge is 2.21. The van der Waals surface area contributed by atoms with Crippen LogP contribution >= 0.6 is 0 Å². The minimum absolute atomic E-state index is 0.0652. The number of hydrogen-bond donors (Lipinski definition) is 1. The lowest BCUT2D eigenvalue weighted by Crippen LogP contribution is -2.27. The van der Waals surface area contributed by atoms with E-state index in [1.165, 1.54) is 0 Å². The van der Waals surface area contributed by atoms with Gasteiger partial charge in [0.05, 0.1) is 6.26 Å². The molecule has 0 spiro atoms. The smallest absolute Gasteiger partial charge is 0.240 e. The first-order chi connectivity index (χ1) is 10.3. The molecule has 110 valence electrons. The fourth-order valence-electron chi connectivity index (χ4n) is 2.16. The Morgan fingerprint density at radius 2 is 2.33 bits per heavy atom. The molecule has 3 rings (SSSR count). The Bertz CT molecular complexity index is 657. The Hall–Kier alpha value is -2.44. The van der Waals surface area contributed by atoms with Crippen molar-refractivity contribution in [2.75, 3.05) is 0 Å². The number of carbonyl (C=O) groups is 1. The van der Waals surface area contributed by atoms with Gasteiger partial charge in [-0.25, -0.2) is 15.1 Å². The van der Waals surface area contributed by atoms with Gasteiger partial charge in [0.2, 0.25) is 11.7 Å². The van der Waals surface area contributed by atoms with Crippen LogP contribution < -0.4 is 5.43 Å². The third-order valence-corrected chi connectivity index (χ3v) is 3.30. The van der Waals surface area contributed by atoms with Crippen LogP contribution in [-0.4, -0.2) is 26.4 Å². The van der Waals surface area contributed by atoms with E-state index in [4.69, 9.17) is 4.42 Å². The van der Waals surface area contributed by atoms with E-state index in [2.05, 4.69) is 27.5 Å². The first-order valence-corrected chi connectivity index (χ1v) is 7.12. The van der Waals surface area contributed by atoms with Gasteiger partial charge in [-0.15, -0.1) is 5.10 Å². The summed E-state index contributed by atoms with van der Waals surface area (Å²) in [5.41, 5.74) is 3.26. The zero-order chi connectivity index (χ0) is 14.7. The Labute approximate surface area is 122 Å². The number of unbranched alkanes of at least 4 members (excludes halogenated alkanes) is 1. The summed E-state index contributed by atoms with van der Waals surface area (Å²) in [6.07, 6.45) is 4.68. The van der Waals surface area contributed by atoms with Gasteiger partial charge in [-0.1, -0.05) is 13.3 Å². The number of amides is 1. The molecule has 0 bridgehead atoms. The molecule has 0 saturated heterocycles. The molecule has 7 nitrogen and oxygen atoms in total. The molecule has 1 aliphatic heterocycles. The van der Waals surface area contributed by atoms with Gasteiger partial charge in [0, 0.05) is 19.4 Å². The minimum atomic E-state index is -0.0652. The average molecular weight is 287 g/mol. The number of carbonyl (C=O) groups excluding carboxylic acids is 1. The van der Waals surface area contributed by atoms with Gasteiger partial charge in [-0.2, -0.15) is 5.10 Å². The second kappa shape index (κ2) is 5.90. The lowest BCUT2D eigenvalue weighted by atomic mass is 10.1. The summed E-state index contributed by atoms with van der Waals surface area (Å²) in [6.45, 7) is 2.90. The normalized spacial score (nSPS) is 14.9. The Morgan fingerprint density at radius 1 is 1.43 bits per heavy atom. The van der Waals surface area contributed by atoms with Crippen molar-refractivity contribution in [3.05, 3.63) is 24.2 Å². The highest BCUT2D eigenvalue weighted by atomic mass is 16.3. The second-order valence-electron chi connectivity index (χ2n) is 4.91. The molecule has 0 atom stereocenters. The van der Waals surface area contributed by atoms with Crippen LogP contribution in [0.3, 0.4) is 0 Å². The molecule has 1 N–H and O–H groups in total. The highest BCUT2D eigenvalue weighted by molar-refractivity contribution is 6.01. The van der Waals surface area contributed by atoms with Gasteiger partial charge < -0.3 is 4.42 Å². The molecule has 0 radical (unpaired) electrons. The molecule has 7 heteroatoms. The second-order valence-corrected chi connectivity index (χ2v) is 4.91. The van der Waals surface area contributed by atoms with E-state index in [9.17, 15) is 4.79 Å². The molecule has 2 aromatic rings.